The molecule has 1 heterocycles. The van der Waals surface area contributed by atoms with Gasteiger partial charge in [0, 0.05) is 11.7 Å². The van der Waals surface area contributed by atoms with E-state index in [0.717, 1.165) is 6.07 Å². The minimum atomic E-state index is -4.32. The lowest BCUT2D eigenvalue weighted by Gasteiger charge is -2.14. The number of carbonyl (C=O) groups is 1. The predicted octanol–water partition coefficient (Wildman–Crippen LogP) is 3.32. The molecule has 1 aromatic rings. The lowest BCUT2D eigenvalue weighted by atomic mass is 10.0. The van der Waals surface area contributed by atoms with E-state index in [9.17, 15) is 18.0 Å². The maximum Gasteiger partial charge on any atom is 0.416 e. The summed E-state index contributed by atoms with van der Waals surface area (Å²) < 4.78 is 38.2. The summed E-state index contributed by atoms with van der Waals surface area (Å²) in [6.45, 7) is 0. The molecular formula is C12H11F3OS. The Morgan fingerprint density at radius 1 is 1.29 bits per heavy atom. The number of ketones is 1. The van der Waals surface area contributed by atoms with E-state index in [-0.39, 0.29) is 16.6 Å². The Hall–Kier alpha value is -0.970. The van der Waals surface area contributed by atoms with Gasteiger partial charge in [-0.1, -0.05) is 18.2 Å². The third-order valence-corrected chi connectivity index (χ3v) is 4.00. The second-order valence-electron chi connectivity index (χ2n) is 4.03. The molecule has 0 bridgehead atoms. The molecule has 1 saturated heterocycles. The van der Waals surface area contributed by atoms with E-state index in [1.807, 2.05) is 0 Å². The minimum Gasteiger partial charge on any atom is -0.299 e. The first kappa shape index (κ1) is 12.5. The SMILES string of the molecule is O=C1CSC(Cc2ccccc2C(F)(F)F)C1. The monoisotopic (exact) mass is 260 g/mol. The summed E-state index contributed by atoms with van der Waals surface area (Å²) in [5.74, 6) is 0.559. The Bertz CT molecular complexity index is 428. The highest BCUT2D eigenvalue weighted by atomic mass is 32.2. The minimum absolute atomic E-state index is 0.00833. The van der Waals surface area contributed by atoms with Crippen LogP contribution in [0.1, 0.15) is 17.5 Å². The second-order valence-corrected chi connectivity index (χ2v) is 5.32. The van der Waals surface area contributed by atoms with Crippen LogP contribution < -0.4 is 0 Å². The van der Waals surface area contributed by atoms with Crippen molar-refractivity contribution >= 4 is 17.5 Å². The van der Waals surface area contributed by atoms with Gasteiger partial charge in [0.25, 0.3) is 0 Å². The van der Waals surface area contributed by atoms with Crippen LogP contribution in [0, 0.1) is 0 Å². The summed E-state index contributed by atoms with van der Waals surface area (Å²) in [7, 11) is 0. The molecule has 1 aromatic carbocycles. The molecule has 1 unspecified atom stereocenters. The van der Waals surface area contributed by atoms with Crippen LogP contribution >= 0.6 is 11.8 Å². The lowest BCUT2D eigenvalue weighted by molar-refractivity contribution is -0.138. The zero-order valence-corrected chi connectivity index (χ0v) is 9.77. The summed E-state index contributed by atoms with van der Waals surface area (Å²) in [5.41, 5.74) is -0.299. The van der Waals surface area contributed by atoms with Gasteiger partial charge < -0.3 is 0 Å². The first-order valence-electron chi connectivity index (χ1n) is 5.25. The predicted molar refractivity (Wildman–Crippen MR) is 61.0 cm³/mol. The summed E-state index contributed by atoms with van der Waals surface area (Å²) >= 11 is 1.45. The molecule has 1 atom stereocenters. The molecule has 2 rings (SSSR count). The van der Waals surface area contributed by atoms with Crippen molar-refractivity contribution in [2.45, 2.75) is 24.3 Å². The maximum absolute atomic E-state index is 12.7. The Morgan fingerprint density at radius 3 is 2.59 bits per heavy atom. The van der Waals surface area contributed by atoms with Gasteiger partial charge in [-0.2, -0.15) is 13.2 Å². The molecule has 1 fully saturated rings. The number of thioether (sulfide) groups is 1. The summed E-state index contributed by atoms with van der Waals surface area (Å²) in [6, 6.07) is 5.58. The molecule has 0 spiro atoms. The van der Waals surface area contributed by atoms with Crippen LogP contribution in [-0.2, 0) is 17.4 Å². The quantitative estimate of drug-likeness (QED) is 0.811. The molecule has 0 radical (unpaired) electrons. The van der Waals surface area contributed by atoms with E-state index in [1.165, 1.54) is 23.9 Å². The van der Waals surface area contributed by atoms with Gasteiger partial charge in [0.2, 0.25) is 0 Å². The van der Waals surface area contributed by atoms with Gasteiger partial charge in [-0.15, -0.1) is 11.8 Å². The highest BCUT2D eigenvalue weighted by molar-refractivity contribution is 8.01. The van der Waals surface area contributed by atoms with Gasteiger partial charge in [-0.05, 0) is 18.1 Å². The van der Waals surface area contributed by atoms with Gasteiger partial charge in [-0.25, -0.2) is 0 Å². The van der Waals surface area contributed by atoms with Gasteiger partial charge in [0.1, 0.15) is 5.78 Å². The summed E-state index contributed by atoms with van der Waals surface area (Å²) in [5, 5.41) is -0.00833. The summed E-state index contributed by atoms with van der Waals surface area (Å²) in [6.07, 6.45) is -3.62. The third-order valence-electron chi connectivity index (χ3n) is 2.71. The number of rotatable bonds is 2. The molecule has 1 nitrogen and oxygen atoms in total. The Labute approximate surface area is 101 Å². The van der Waals surface area contributed by atoms with Crippen molar-refractivity contribution in [3.05, 3.63) is 35.4 Å². The smallest absolute Gasteiger partial charge is 0.299 e. The number of alkyl halides is 3. The van der Waals surface area contributed by atoms with Crippen LogP contribution in [0.25, 0.3) is 0 Å². The van der Waals surface area contributed by atoms with Crippen molar-refractivity contribution in [2.24, 2.45) is 0 Å². The molecule has 0 saturated carbocycles. The largest absolute Gasteiger partial charge is 0.416 e. The third kappa shape index (κ3) is 3.03. The van der Waals surface area contributed by atoms with Gasteiger partial charge in [-0.3, -0.25) is 4.79 Å². The Morgan fingerprint density at radius 2 is 2.00 bits per heavy atom. The molecule has 1 aliphatic rings. The average Bonchev–Trinajstić information content (AvgIpc) is 2.63. The number of halogens is 3. The van der Waals surface area contributed by atoms with Crippen LogP contribution in [0.2, 0.25) is 0 Å². The number of Topliss-reactive ketones (excluding diaryl/α,β-unsaturated/α-hetero) is 1. The van der Waals surface area contributed by atoms with Gasteiger partial charge in [0.05, 0.1) is 11.3 Å². The normalized spacial score (nSPS) is 20.9. The standard InChI is InChI=1S/C12H11F3OS/c13-12(14,15)11-4-2-1-3-8(11)5-10-6-9(16)7-17-10/h1-4,10H,5-7H2. The van der Waals surface area contributed by atoms with Crippen molar-refractivity contribution in [1.29, 1.82) is 0 Å². The highest BCUT2D eigenvalue weighted by Gasteiger charge is 2.34. The van der Waals surface area contributed by atoms with E-state index in [1.54, 1.807) is 6.07 Å². The van der Waals surface area contributed by atoms with E-state index in [4.69, 9.17) is 0 Å². The van der Waals surface area contributed by atoms with Crippen molar-refractivity contribution in [1.82, 2.24) is 0 Å². The highest BCUT2D eigenvalue weighted by Crippen LogP contribution is 2.35. The van der Waals surface area contributed by atoms with Crippen molar-refractivity contribution in [2.75, 3.05) is 5.75 Å². The zero-order chi connectivity index (χ0) is 12.5. The summed E-state index contributed by atoms with van der Waals surface area (Å²) in [4.78, 5) is 11.1. The first-order valence-corrected chi connectivity index (χ1v) is 6.30. The molecule has 0 N–H and O–H groups in total. The topological polar surface area (TPSA) is 17.1 Å². The molecule has 0 aliphatic carbocycles. The molecular weight excluding hydrogens is 249 g/mol. The molecule has 17 heavy (non-hydrogen) atoms. The molecule has 1 aliphatic heterocycles. The molecule has 5 heteroatoms. The van der Waals surface area contributed by atoms with Gasteiger partial charge >= 0.3 is 6.18 Å². The number of hydrogen-bond donors (Lipinski definition) is 0. The van der Waals surface area contributed by atoms with Crippen LogP contribution in [-0.4, -0.2) is 16.8 Å². The van der Waals surface area contributed by atoms with Gasteiger partial charge in [0.15, 0.2) is 0 Å². The number of carbonyl (C=O) groups excluding carboxylic acids is 1. The fourth-order valence-electron chi connectivity index (χ4n) is 1.93. The Kier molecular flexibility index (Phi) is 3.47. The van der Waals surface area contributed by atoms with E-state index in [0.29, 0.717) is 18.6 Å². The fraction of sp³-hybridized carbons (Fsp3) is 0.417. The fourth-order valence-corrected chi connectivity index (χ4v) is 3.07. The second kappa shape index (κ2) is 4.72. The van der Waals surface area contributed by atoms with Crippen molar-refractivity contribution < 1.29 is 18.0 Å². The maximum atomic E-state index is 12.7. The van der Waals surface area contributed by atoms with E-state index >= 15 is 0 Å². The van der Waals surface area contributed by atoms with E-state index in [2.05, 4.69) is 0 Å². The molecule has 92 valence electrons. The van der Waals surface area contributed by atoms with E-state index < -0.39 is 11.7 Å². The van der Waals surface area contributed by atoms with Crippen LogP contribution in [0.3, 0.4) is 0 Å². The number of hydrogen-bond acceptors (Lipinski definition) is 2. The number of benzene rings is 1. The van der Waals surface area contributed by atoms with Crippen molar-refractivity contribution in [3.8, 4) is 0 Å². The van der Waals surface area contributed by atoms with Crippen LogP contribution in [0.5, 0.6) is 0 Å². The molecule has 0 amide bonds. The van der Waals surface area contributed by atoms with Crippen LogP contribution in [0.15, 0.2) is 24.3 Å². The molecule has 0 aromatic heterocycles. The zero-order valence-electron chi connectivity index (χ0n) is 8.96. The van der Waals surface area contributed by atoms with Crippen molar-refractivity contribution in [3.63, 3.8) is 0 Å². The van der Waals surface area contributed by atoms with Crippen LogP contribution in [0.4, 0.5) is 13.2 Å². The Balaban J connectivity index is 2.18. The first-order chi connectivity index (χ1) is 7.97. The average molecular weight is 260 g/mol. The lowest BCUT2D eigenvalue weighted by Crippen LogP contribution is -2.12.